The molecule has 1 atom stereocenters. The van der Waals surface area contributed by atoms with Gasteiger partial charge in [0.1, 0.15) is 11.8 Å². The number of carbonyl (C=O) groups is 1. The van der Waals surface area contributed by atoms with Gasteiger partial charge in [-0.05, 0) is 36.6 Å². The molecule has 4 heteroatoms. The van der Waals surface area contributed by atoms with Crippen LogP contribution in [-0.2, 0) is 16.0 Å². The van der Waals surface area contributed by atoms with Crippen LogP contribution in [0.4, 0.5) is 0 Å². The number of methoxy groups -OCH3 is 1. The Bertz CT molecular complexity index is 390. The van der Waals surface area contributed by atoms with E-state index in [0.717, 1.165) is 23.3 Å². The molecule has 0 aromatic heterocycles. The summed E-state index contributed by atoms with van der Waals surface area (Å²) in [5.41, 5.74) is 7.61. The van der Waals surface area contributed by atoms with Crippen molar-refractivity contribution in [1.29, 1.82) is 0 Å². The Balaban J connectivity index is 2.95. The zero-order valence-electron chi connectivity index (χ0n) is 10.5. The molecule has 94 valence electrons. The van der Waals surface area contributed by atoms with E-state index in [1.54, 1.807) is 20.1 Å². The average molecular weight is 237 g/mol. The Morgan fingerprint density at radius 2 is 2.12 bits per heavy atom. The maximum atomic E-state index is 11.5. The molecule has 0 aliphatic rings. The van der Waals surface area contributed by atoms with Crippen molar-refractivity contribution in [3.8, 4) is 5.75 Å². The minimum absolute atomic E-state index is 0.337. The van der Waals surface area contributed by atoms with Gasteiger partial charge in [0.15, 0.2) is 0 Å². The van der Waals surface area contributed by atoms with Crippen molar-refractivity contribution in [2.45, 2.75) is 26.3 Å². The second-order valence-electron chi connectivity index (χ2n) is 3.65. The maximum Gasteiger partial charge on any atom is 0.327 e. The first-order chi connectivity index (χ1) is 8.13. The second kappa shape index (κ2) is 6.25. The Labute approximate surface area is 102 Å². The third-order valence-electron chi connectivity index (χ3n) is 2.59. The van der Waals surface area contributed by atoms with Gasteiger partial charge in [-0.15, -0.1) is 0 Å². The highest BCUT2D eigenvalue weighted by Gasteiger charge is 2.17. The van der Waals surface area contributed by atoms with Crippen molar-refractivity contribution in [1.82, 2.24) is 0 Å². The fraction of sp³-hybridized carbons (Fsp3) is 0.462. The van der Waals surface area contributed by atoms with Gasteiger partial charge in [0.25, 0.3) is 0 Å². The van der Waals surface area contributed by atoms with Gasteiger partial charge in [-0.3, -0.25) is 0 Å². The first-order valence-corrected chi connectivity index (χ1v) is 5.73. The highest BCUT2D eigenvalue weighted by atomic mass is 16.5. The van der Waals surface area contributed by atoms with Crippen molar-refractivity contribution in [3.63, 3.8) is 0 Å². The largest absolute Gasteiger partial charge is 0.496 e. The van der Waals surface area contributed by atoms with Gasteiger partial charge in [0, 0.05) is 0 Å². The van der Waals surface area contributed by atoms with Crippen LogP contribution in [0.1, 0.15) is 31.0 Å². The summed E-state index contributed by atoms with van der Waals surface area (Å²) in [5, 5.41) is 0. The SMILES string of the molecule is CCOC(=O)C(N)c1ccc(OC)c(CC)c1. The molecule has 1 rings (SSSR count). The Hall–Kier alpha value is -1.55. The number of benzene rings is 1. The van der Waals surface area contributed by atoms with E-state index in [9.17, 15) is 4.79 Å². The number of hydrogen-bond donors (Lipinski definition) is 1. The quantitative estimate of drug-likeness (QED) is 0.793. The van der Waals surface area contributed by atoms with Crippen LogP contribution in [0.3, 0.4) is 0 Å². The van der Waals surface area contributed by atoms with Crippen molar-refractivity contribution in [2.24, 2.45) is 5.73 Å². The molecule has 0 aliphatic heterocycles. The topological polar surface area (TPSA) is 61.5 Å². The Morgan fingerprint density at radius 3 is 2.65 bits per heavy atom. The molecule has 17 heavy (non-hydrogen) atoms. The minimum Gasteiger partial charge on any atom is -0.496 e. The molecule has 0 spiro atoms. The second-order valence-corrected chi connectivity index (χ2v) is 3.65. The van der Waals surface area contributed by atoms with E-state index >= 15 is 0 Å². The first-order valence-electron chi connectivity index (χ1n) is 5.73. The molecule has 0 radical (unpaired) electrons. The van der Waals surface area contributed by atoms with Crippen LogP contribution < -0.4 is 10.5 Å². The number of esters is 1. The molecule has 0 aliphatic carbocycles. The lowest BCUT2D eigenvalue weighted by Crippen LogP contribution is -2.23. The molecular formula is C13H19NO3. The van der Waals surface area contributed by atoms with Crippen LogP contribution in [0.25, 0.3) is 0 Å². The van der Waals surface area contributed by atoms with Crippen LogP contribution >= 0.6 is 0 Å². The summed E-state index contributed by atoms with van der Waals surface area (Å²) in [6, 6.07) is 4.78. The van der Waals surface area contributed by atoms with Gasteiger partial charge in [-0.1, -0.05) is 13.0 Å². The lowest BCUT2D eigenvalue weighted by atomic mass is 10.0. The monoisotopic (exact) mass is 237 g/mol. The first kappa shape index (κ1) is 13.5. The summed E-state index contributed by atoms with van der Waals surface area (Å²) in [4.78, 5) is 11.5. The van der Waals surface area contributed by atoms with E-state index in [4.69, 9.17) is 15.2 Å². The summed E-state index contributed by atoms with van der Waals surface area (Å²) >= 11 is 0. The average Bonchev–Trinajstić information content (AvgIpc) is 2.37. The van der Waals surface area contributed by atoms with E-state index in [0.29, 0.717) is 6.61 Å². The lowest BCUT2D eigenvalue weighted by molar-refractivity contribution is -0.144. The normalized spacial score (nSPS) is 12.0. The molecule has 2 N–H and O–H groups in total. The summed E-state index contributed by atoms with van der Waals surface area (Å²) in [5.74, 6) is 0.409. The number of ether oxygens (including phenoxy) is 2. The van der Waals surface area contributed by atoms with Crippen LogP contribution in [0, 0.1) is 0 Å². The minimum atomic E-state index is -0.730. The van der Waals surface area contributed by atoms with Crippen molar-refractivity contribution >= 4 is 5.97 Å². The van der Waals surface area contributed by atoms with E-state index in [2.05, 4.69) is 0 Å². The molecule has 4 nitrogen and oxygen atoms in total. The summed E-state index contributed by atoms with van der Waals surface area (Å²) in [7, 11) is 1.62. The molecule has 0 amide bonds. The van der Waals surface area contributed by atoms with Gasteiger partial charge in [-0.25, -0.2) is 4.79 Å². The predicted octanol–water partition coefficient (Wildman–Crippen LogP) is 1.82. The smallest absolute Gasteiger partial charge is 0.327 e. The third kappa shape index (κ3) is 3.20. The molecule has 1 aromatic rings. The zero-order valence-corrected chi connectivity index (χ0v) is 10.5. The van der Waals surface area contributed by atoms with E-state index < -0.39 is 12.0 Å². The van der Waals surface area contributed by atoms with Crippen molar-refractivity contribution in [2.75, 3.05) is 13.7 Å². The molecule has 0 saturated heterocycles. The van der Waals surface area contributed by atoms with Gasteiger partial charge >= 0.3 is 5.97 Å². The number of carbonyl (C=O) groups excluding carboxylic acids is 1. The Kier molecular flexibility index (Phi) is 4.97. The standard InChI is InChI=1S/C13H19NO3/c1-4-9-8-10(6-7-11(9)16-3)12(14)13(15)17-5-2/h6-8,12H,4-5,14H2,1-3H3. The van der Waals surface area contributed by atoms with Crippen molar-refractivity contribution in [3.05, 3.63) is 29.3 Å². The summed E-state index contributed by atoms with van der Waals surface area (Å²) < 4.78 is 10.1. The third-order valence-corrected chi connectivity index (χ3v) is 2.59. The predicted molar refractivity (Wildman–Crippen MR) is 65.9 cm³/mol. The number of rotatable bonds is 5. The molecule has 1 unspecified atom stereocenters. The van der Waals surface area contributed by atoms with Crippen LogP contribution in [0.5, 0.6) is 5.75 Å². The molecule has 0 bridgehead atoms. The molecule has 0 saturated carbocycles. The Morgan fingerprint density at radius 1 is 1.41 bits per heavy atom. The van der Waals surface area contributed by atoms with Crippen molar-refractivity contribution < 1.29 is 14.3 Å². The number of aryl methyl sites for hydroxylation is 1. The van der Waals surface area contributed by atoms with Crippen LogP contribution in [0.2, 0.25) is 0 Å². The van der Waals surface area contributed by atoms with Gasteiger partial charge in [0.2, 0.25) is 0 Å². The van der Waals surface area contributed by atoms with Gasteiger partial charge in [-0.2, -0.15) is 0 Å². The maximum absolute atomic E-state index is 11.5. The van der Waals surface area contributed by atoms with Crippen LogP contribution in [0.15, 0.2) is 18.2 Å². The highest BCUT2D eigenvalue weighted by molar-refractivity contribution is 5.77. The fourth-order valence-electron chi connectivity index (χ4n) is 1.64. The zero-order chi connectivity index (χ0) is 12.8. The summed E-state index contributed by atoms with van der Waals surface area (Å²) in [6.07, 6.45) is 0.826. The van der Waals surface area contributed by atoms with E-state index in [1.165, 1.54) is 0 Å². The summed E-state index contributed by atoms with van der Waals surface area (Å²) in [6.45, 7) is 4.12. The molecular weight excluding hydrogens is 218 g/mol. The lowest BCUT2D eigenvalue weighted by Gasteiger charge is -2.13. The van der Waals surface area contributed by atoms with Gasteiger partial charge < -0.3 is 15.2 Å². The highest BCUT2D eigenvalue weighted by Crippen LogP contribution is 2.23. The fourth-order valence-corrected chi connectivity index (χ4v) is 1.64. The van der Waals surface area contributed by atoms with Gasteiger partial charge in [0.05, 0.1) is 13.7 Å². The molecule has 0 heterocycles. The molecule has 1 aromatic carbocycles. The van der Waals surface area contributed by atoms with E-state index in [-0.39, 0.29) is 0 Å². The van der Waals surface area contributed by atoms with Crippen LogP contribution in [-0.4, -0.2) is 19.7 Å². The number of nitrogens with two attached hydrogens (primary N) is 1. The number of hydrogen-bond acceptors (Lipinski definition) is 4. The molecule has 0 fully saturated rings. The van der Waals surface area contributed by atoms with E-state index in [1.807, 2.05) is 19.1 Å².